The van der Waals surface area contributed by atoms with Crippen molar-refractivity contribution in [2.24, 2.45) is 0 Å². The van der Waals surface area contributed by atoms with Gasteiger partial charge in [-0.2, -0.15) is 4.80 Å². The Kier molecular flexibility index (Phi) is 4.92. The van der Waals surface area contributed by atoms with Crippen LogP contribution in [0.3, 0.4) is 0 Å². The summed E-state index contributed by atoms with van der Waals surface area (Å²) in [6.07, 6.45) is 0.478. The number of nitrogens with zero attached hydrogens (tertiary/aromatic N) is 4. The summed E-state index contributed by atoms with van der Waals surface area (Å²) in [4.78, 5) is 12.7. The van der Waals surface area contributed by atoms with Gasteiger partial charge in [0.15, 0.2) is 5.82 Å². The standard InChI is InChI=1S/C12H13Cl2N5O/c1-2-15-12(20)7-19-17-11(16-18-19)6-8-3-4-9(13)10(14)5-8/h3-5H,2,6-7H2,1H3,(H,15,20). The maximum atomic E-state index is 11.4. The van der Waals surface area contributed by atoms with Crippen molar-refractivity contribution in [3.05, 3.63) is 39.6 Å². The van der Waals surface area contributed by atoms with Gasteiger partial charge in [0.2, 0.25) is 5.91 Å². The summed E-state index contributed by atoms with van der Waals surface area (Å²) in [6, 6.07) is 5.32. The van der Waals surface area contributed by atoms with E-state index in [0.29, 0.717) is 28.8 Å². The van der Waals surface area contributed by atoms with Gasteiger partial charge in [0.1, 0.15) is 6.54 Å². The zero-order valence-corrected chi connectivity index (χ0v) is 12.3. The summed E-state index contributed by atoms with van der Waals surface area (Å²) in [5.74, 6) is 0.374. The van der Waals surface area contributed by atoms with Crippen molar-refractivity contribution in [1.29, 1.82) is 0 Å². The lowest BCUT2D eigenvalue weighted by Gasteiger charge is -2.00. The van der Waals surface area contributed by atoms with Crippen molar-refractivity contribution >= 4 is 29.1 Å². The fourth-order valence-electron chi connectivity index (χ4n) is 1.63. The summed E-state index contributed by atoms with van der Waals surface area (Å²) in [6.45, 7) is 2.48. The Bertz CT molecular complexity index is 614. The van der Waals surface area contributed by atoms with Gasteiger partial charge in [-0.1, -0.05) is 29.3 Å². The van der Waals surface area contributed by atoms with Crippen molar-refractivity contribution < 1.29 is 4.79 Å². The van der Waals surface area contributed by atoms with Crippen molar-refractivity contribution in [3.63, 3.8) is 0 Å². The third kappa shape index (κ3) is 3.91. The van der Waals surface area contributed by atoms with E-state index in [1.165, 1.54) is 4.80 Å². The Labute approximate surface area is 126 Å². The van der Waals surface area contributed by atoms with Crippen LogP contribution in [0.5, 0.6) is 0 Å². The van der Waals surface area contributed by atoms with Crippen LogP contribution in [0.2, 0.25) is 10.0 Å². The second-order valence-electron chi connectivity index (χ2n) is 4.11. The minimum Gasteiger partial charge on any atom is -0.355 e. The zero-order valence-electron chi connectivity index (χ0n) is 10.8. The van der Waals surface area contributed by atoms with Crippen LogP contribution in [0.25, 0.3) is 0 Å². The van der Waals surface area contributed by atoms with Gasteiger partial charge >= 0.3 is 0 Å². The molecule has 8 heteroatoms. The monoisotopic (exact) mass is 313 g/mol. The fraction of sp³-hybridized carbons (Fsp3) is 0.333. The predicted octanol–water partition coefficient (Wildman–Crippen LogP) is 1.71. The number of amides is 1. The molecule has 0 bridgehead atoms. The summed E-state index contributed by atoms with van der Waals surface area (Å²) >= 11 is 11.8. The van der Waals surface area contributed by atoms with E-state index in [0.717, 1.165) is 5.56 Å². The molecular formula is C12H13Cl2N5O. The number of carbonyl (C=O) groups is 1. The van der Waals surface area contributed by atoms with Crippen LogP contribution in [0.4, 0.5) is 0 Å². The van der Waals surface area contributed by atoms with Crippen molar-refractivity contribution in [2.45, 2.75) is 19.9 Å². The Morgan fingerprint density at radius 3 is 2.85 bits per heavy atom. The molecule has 1 heterocycles. The highest BCUT2D eigenvalue weighted by molar-refractivity contribution is 6.42. The van der Waals surface area contributed by atoms with E-state index >= 15 is 0 Å². The van der Waals surface area contributed by atoms with E-state index in [-0.39, 0.29) is 12.5 Å². The van der Waals surface area contributed by atoms with E-state index in [4.69, 9.17) is 23.2 Å². The van der Waals surface area contributed by atoms with Gasteiger partial charge in [-0.25, -0.2) is 0 Å². The molecule has 1 aromatic heterocycles. The van der Waals surface area contributed by atoms with Gasteiger partial charge in [0.05, 0.1) is 10.0 Å². The third-order valence-electron chi connectivity index (χ3n) is 2.50. The fourth-order valence-corrected chi connectivity index (χ4v) is 1.95. The summed E-state index contributed by atoms with van der Waals surface area (Å²) < 4.78 is 0. The number of tetrazole rings is 1. The van der Waals surface area contributed by atoms with Gasteiger partial charge in [-0.15, -0.1) is 10.2 Å². The van der Waals surface area contributed by atoms with Crippen LogP contribution >= 0.6 is 23.2 Å². The first kappa shape index (κ1) is 14.7. The molecule has 0 radical (unpaired) electrons. The topological polar surface area (TPSA) is 72.7 Å². The second kappa shape index (κ2) is 6.67. The van der Waals surface area contributed by atoms with Crippen molar-refractivity contribution in [2.75, 3.05) is 6.54 Å². The molecule has 0 aliphatic carbocycles. The number of carbonyl (C=O) groups excluding carboxylic acids is 1. The molecule has 0 atom stereocenters. The predicted molar refractivity (Wildman–Crippen MR) is 75.8 cm³/mol. The molecule has 0 fully saturated rings. The van der Waals surface area contributed by atoms with Gasteiger partial charge in [0, 0.05) is 13.0 Å². The molecule has 2 rings (SSSR count). The average Bonchev–Trinajstić information content (AvgIpc) is 2.81. The Balaban J connectivity index is 2.02. The highest BCUT2D eigenvalue weighted by Crippen LogP contribution is 2.23. The lowest BCUT2D eigenvalue weighted by molar-refractivity contribution is -0.121. The third-order valence-corrected chi connectivity index (χ3v) is 3.24. The number of hydrogen-bond donors (Lipinski definition) is 1. The van der Waals surface area contributed by atoms with E-state index in [1.807, 2.05) is 13.0 Å². The molecule has 1 amide bonds. The lowest BCUT2D eigenvalue weighted by atomic mass is 10.1. The number of rotatable bonds is 5. The van der Waals surface area contributed by atoms with Crippen LogP contribution in [0.15, 0.2) is 18.2 Å². The molecule has 0 unspecified atom stereocenters. The number of benzene rings is 1. The molecule has 0 aliphatic rings. The Morgan fingerprint density at radius 1 is 1.35 bits per heavy atom. The smallest absolute Gasteiger partial charge is 0.243 e. The van der Waals surface area contributed by atoms with Crippen LogP contribution in [0, 0.1) is 0 Å². The molecule has 0 aliphatic heterocycles. The van der Waals surface area contributed by atoms with Crippen LogP contribution in [-0.2, 0) is 17.8 Å². The van der Waals surface area contributed by atoms with E-state index in [1.54, 1.807) is 12.1 Å². The summed E-state index contributed by atoms with van der Waals surface area (Å²) in [7, 11) is 0. The van der Waals surface area contributed by atoms with Gasteiger partial charge in [0.25, 0.3) is 0 Å². The Hall–Kier alpha value is -1.66. The summed E-state index contributed by atoms with van der Waals surface area (Å²) in [5.41, 5.74) is 0.928. The first-order valence-electron chi connectivity index (χ1n) is 6.05. The largest absolute Gasteiger partial charge is 0.355 e. The molecule has 2 aromatic rings. The molecule has 1 N–H and O–H groups in total. The molecule has 0 saturated heterocycles. The molecule has 1 aromatic carbocycles. The van der Waals surface area contributed by atoms with Crippen molar-refractivity contribution in [1.82, 2.24) is 25.5 Å². The molecule has 106 valence electrons. The molecule has 20 heavy (non-hydrogen) atoms. The number of nitrogens with one attached hydrogen (secondary N) is 1. The lowest BCUT2D eigenvalue weighted by Crippen LogP contribution is -2.28. The zero-order chi connectivity index (χ0) is 14.5. The number of hydrogen-bond acceptors (Lipinski definition) is 4. The van der Waals surface area contributed by atoms with Gasteiger partial charge in [-0.3, -0.25) is 4.79 Å². The molecule has 6 nitrogen and oxygen atoms in total. The first-order valence-corrected chi connectivity index (χ1v) is 6.81. The van der Waals surface area contributed by atoms with E-state index in [2.05, 4.69) is 20.7 Å². The number of aromatic nitrogens is 4. The maximum absolute atomic E-state index is 11.4. The van der Waals surface area contributed by atoms with Crippen molar-refractivity contribution in [3.8, 4) is 0 Å². The highest BCUT2D eigenvalue weighted by atomic mass is 35.5. The molecule has 0 saturated carbocycles. The van der Waals surface area contributed by atoms with Gasteiger partial charge < -0.3 is 5.32 Å². The highest BCUT2D eigenvalue weighted by Gasteiger charge is 2.08. The SMILES string of the molecule is CCNC(=O)Cn1nnc(Cc2ccc(Cl)c(Cl)c2)n1. The number of likely N-dealkylation sites (N-methyl/N-ethyl adjacent to an activating group) is 1. The first-order chi connectivity index (χ1) is 9.58. The van der Waals surface area contributed by atoms with Crippen LogP contribution in [0.1, 0.15) is 18.3 Å². The van der Waals surface area contributed by atoms with E-state index in [9.17, 15) is 4.79 Å². The average molecular weight is 314 g/mol. The summed E-state index contributed by atoms with van der Waals surface area (Å²) in [5, 5.41) is 15.5. The van der Waals surface area contributed by atoms with Crippen LogP contribution < -0.4 is 5.32 Å². The van der Waals surface area contributed by atoms with Gasteiger partial charge in [-0.05, 0) is 29.8 Å². The number of halogens is 2. The quantitative estimate of drug-likeness (QED) is 0.912. The second-order valence-corrected chi connectivity index (χ2v) is 4.93. The maximum Gasteiger partial charge on any atom is 0.243 e. The minimum absolute atomic E-state index is 0.0578. The molecule has 0 spiro atoms. The molecular weight excluding hydrogens is 301 g/mol. The normalized spacial score (nSPS) is 10.6. The van der Waals surface area contributed by atoms with E-state index < -0.39 is 0 Å². The Morgan fingerprint density at radius 2 is 2.15 bits per heavy atom. The van der Waals surface area contributed by atoms with Crippen LogP contribution in [-0.4, -0.2) is 32.7 Å². The minimum atomic E-state index is -0.147.